The van der Waals surface area contributed by atoms with E-state index in [0.717, 1.165) is 53.3 Å². The van der Waals surface area contributed by atoms with Crippen LogP contribution in [0, 0.1) is 0 Å². The van der Waals surface area contributed by atoms with Crippen LogP contribution >= 0.6 is 0 Å². The van der Waals surface area contributed by atoms with E-state index < -0.39 is 0 Å². The fourth-order valence-corrected chi connectivity index (χ4v) is 4.74. The number of benzene rings is 2. The third-order valence-corrected chi connectivity index (χ3v) is 6.26. The highest BCUT2D eigenvalue weighted by molar-refractivity contribution is 5.82. The number of carbonyl (C=O) groups is 1. The first kappa shape index (κ1) is 20.5. The minimum absolute atomic E-state index is 0.0123. The number of pyridine rings is 1. The standard InChI is InChI=1S/C27H26N2O3/c1-28(17-25-9-4-10-32-25)16-24-13-23-12-21-7-3-8-22(21)14-26(23)29(27(24)31)15-19-5-2-6-20(11-19)18-30/h2,4-6,9-14,18H,3,7-8,15-17H2,1H3. The quantitative estimate of drug-likeness (QED) is 0.406. The van der Waals surface area contributed by atoms with Crippen LogP contribution in [0.2, 0.25) is 0 Å². The molecule has 0 fully saturated rings. The van der Waals surface area contributed by atoms with Crippen LogP contribution < -0.4 is 5.56 Å². The minimum Gasteiger partial charge on any atom is -0.468 e. The normalized spacial score (nSPS) is 13.1. The van der Waals surface area contributed by atoms with Crippen molar-refractivity contribution < 1.29 is 9.21 Å². The molecule has 0 atom stereocenters. The van der Waals surface area contributed by atoms with Crippen LogP contribution in [0.3, 0.4) is 0 Å². The molecular formula is C27H26N2O3. The molecule has 0 N–H and O–H groups in total. The zero-order chi connectivity index (χ0) is 22.1. The topological polar surface area (TPSA) is 55.5 Å². The Labute approximate surface area is 186 Å². The molecule has 0 aliphatic heterocycles. The molecule has 4 aromatic rings. The van der Waals surface area contributed by atoms with Gasteiger partial charge in [0.25, 0.3) is 5.56 Å². The van der Waals surface area contributed by atoms with Crippen LogP contribution in [0.5, 0.6) is 0 Å². The van der Waals surface area contributed by atoms with Crippen LogP contribution in [0.1, 0.15) is 44.8 Å². The summed E-state index contributed by atoms with van der Waals surface area (Å²) in [4.78, 5) is 27.0. The van der Waals surface area contributed by atoms with Crippen molar-refractivity contribution in [2.75, 3.05) is 7.05 Å². The molecule has 1 aliphatic rings. The van der Waals surface area contributed by atoms with Crippen molar-refractivity contribution in [2.45, 2.75) is 38.9 Å². The number of aldehydes is 1. The largest absolute Gasteiger partial charge is 0.468 e. The highest BCUT2D eigenvalue weighted by Gasteiger charge is 2.17. The summed E-state index contributed by atoms with van der Waals surface area (Å²) in [5, 5.41) is 1.10. The molecule has 0 spiro atoms. The Balaban J connectivity index is 1.58. The lowest BCUT2D eigenvalue weighted by Gasteiger charge is -2.18. The predicted molar refractivity (Wildman–Crippen MR) is 125 cm³/mol. The summed E-state index contributed by atoms with van der Waals surface area (Å²) in [7, 11) is 1.99. The van der Waals surface area contributed by atoms with Gasteiger partial charge in [-0.25, -0.2) is 0 Å². The fraction of sp³-hybridized carbons (Fsp3) is 0.259. The maximum absolute atomic E-state index is 13.6. The van der Waals surface area contributed by atoms with Crippen molar-refractivity contribution in [2.24, 2.45) is 0 Å². The highest BCUT2D eigenvalue weighted by atomic mass is 16.3. The number of fused-ring (bicyclic) bond motifs is 2. The third-order valence-electron chi connectivity index (χ3n) is 6.26. The summed E-state index contributed by atoms with van der Waals surface area (Å²) in [6.45, 7) is 1.60. The van der Waals surface area contributed by atoms with Gasteiger partial charge in [-0.2, -0.15) is 0 Å². The fourth-order valence-electron chi connectivity index (χ4n) is 4.74. The molecule has 162 valence electrons. The van der Waals surface area contributed by atoms with Crippen molar-refractivity contribution in [3.05, 3.63) is 105 Å². The van der Waals surface area contributed by atoms with Gasteiger partial charge in [0.15, 0.2) is 0 Å². The smallest absolute Gasteiger partial charge is 0.255 e. The SMILES string of the molecule is CN(Cc1ccco1)Cc1cc2cc3c(cc2n(Cc2cccc(C=O)c2)c1=O)CCC3. The second kappa shape index (κ2) is 8.60. The van der Waals surface area contributed by atoms with Gasteiger partial charge in [0.2, 0.25) is 0 Å². The summed E-state index contributed by atoms with van der Waals surface area (Å²) < 4.78 is 7.33. The molecule has 0 saturated carbocycles. The van der Waals surface area contributed by atoms with Gasteiger partial charge in [0.05, 0.1) is 24.9 Å². The van der Waals surface area contributed by atoms with Crippen molar-refractivity contribution in [1.29, 1.82) is 0 Å². The first-order valence-corrected chi connectivity index (χ1v) is 11.0. The van der Waals surface area contributed by atoms with Gasteiger partial charge < -0.3 is 8.98 Å². The van der Waals surface area contributed by atoms with Crippen molar-refractivity contribution in [1.82, 2.24) is 9.47 Å². The van der Waals surface area contributed by atoms with E-state index in [2.05, 4.69) is 17.0 Å². The first-order valence-electron chi connectivity index (χ1n) is 11.0. The lowest BCUT2D eigenvalue weighted by Crippen LogP contribution is -2.29. The Kier molecular flexibility index (Phi) is 5.50. The molecule has 1 aliphatic carbocycles. The molecule has 5 nitrogen and oxygen atoms in total. The lowest BCUT2D eigenvalue weighted by molar-refractivity contribution is 0.112. The second-order valence-corrected chi connectivity index (χ2v) is 8.71. The number of carbonyl (C=O) groups excluding carboxylic acids is 1. The van der Waals surface area contributed by atoms with Crippen LogP contribution in [0.15, 0.2) is 70.1 Å². The van der Waals surface area contributed by atoms with E-state index in [1.165, 1.54) is 11.1 Å². The Morgan fingerprint density at radius 1 is 1.03 bits per heavy atom. The van der Waals surface area contributed by atoms with Crippen LogP contribution in [0.25, 0.3) is 10.9 Å². The van der Waals surface area contributed by atoms with Crippen LogP contribution in [0.4, 0.5) is 0 Å². The third kappa shape index (κ3) is 4.04. The molecule has 5 heteroatoms. The zero-order valence-electron chi connectivity index (χ0n) is 18.2. The molecule has 32 heavy (non-hydrogen) atoms. The van der Waals surface area contributed by atoms with E-state index in [0.29, 0.717) is 25.2 Å². The van der Waals surface area contributed by atoms with E-state index in [1.807, 2.05) is 48.0 Å². The van der Waals surface area contributed by atoms with E-state index in [4.69, 9.17) is 4.42 Å². The molecular weight excluding hydrogens is 400 g/mol. The van der Waals surface area contributed by atoms with Gasteiger partial charge >= 0.3 is 0 Å². The van der Waals surface area contributed by atoms with E-state index >= 15 is 0 Å². The maximum atomic E-state index is 13.6. The molecule has 0 bridgehead atoms. The number of aromatic nitrogens is 1. The van der Waals surface area contributed by atoms with Gasteiger partial charge in [-0.1, -0.05) is 18.2 Å². The van der Waals surface area contributed by atoms with Crippen molar-refractivity contribution >= 4 is 17.2 Å². The highest BCUT2D eigenvalue weighted by Crippen LogP contribution is 2.28. The van der Waals surface area contributed by atoms with Gasteiger partial charge in [-0.15, -0.1) is 0 Å². The molecule has 0 unspecified atom stereocenters. The predicted octanol–water partition coefficient (Wildman–Crippen LogP) is 4.58. The summed E-state index contributed by atoms with van der Waals surface area (Å²) in [5.74, 6) is 0.872. The number of nitrogens with zero attached hydrogens (tertiary/aromatic N) is 2. The van der Waals surface area contributed by atoms with Gasteiger partial charge in [0, 0.05) is 17.7 Å². The summed E-state index contributed by atoms with van der Waals surface area (Å²) in [5.41, 5.74) is 6.03. The van der Waals surface area contributed by atoms with Crippen LogP contribution in [-0.4, -0.2) is 22.8 Å². The first-order chi connectivity index (χ1) is 15.6. The molecule has 2 aromatic carbocycles. The zero-order valence-corrected chi connectivity index (χ0v) is 18.2. The van der Waals surface area contributed by atoms with Crippen molar-refractivity contribution in [3.8, 4) is 0 Å². The number of hydrogen-bond acceptors (Lipinski definition) is 4. The van der Waals surface area contributed by atoms with Gasteiger partial charge in [-0.3, -0.25) is 14.5 Å². The Morgan fingerprint density at radius 2 is 1.88 bits per heavy atom. The second-order valence-electron chi connectivity index (χ2n) is 8.71. The van der Waals surface area contributed by atoms with E-state index in [9.17, 15) is 9.59 Å². The number of furan rings is 1. The van der Waals surface area contributed by atoms with Gasteiger partial charge in [-0.05, 0) is 84.8 Å². The van der Waals surface area contributed by atoms with E-state index in [1.54, 1.807) is 12.3 Å². The monoisotopic (exact) mass is 426 g/mol. The maximum Gasteiger partial charge on any atom is 0.255 e. The van der Waals surface area contributed by atoms with Crippen molar-refractivity contribution in [3.63, 3.8) is 0 Å². The van der Waals surface area contributed by atoms with Crippen LogP contribution in [-0.2, 0) is 32.5 Å². The molecule has 0 amide bonds. The van der Waals surface area contributed by atoms with Gasteiger partial charge in [0.1, 0.15) is 12.0 Å². The Hall–Kier alpha value is -3.44. The summed E-state index contributed by atoms with van der Waals surface area (Å²) in [6, 6.07) is 17.8. The van der Waals surface area contributed by atoms with E-state index in [-0.39, 0.29) is 5.56 Å². The number of aryl methyl sites for hydroxylation is 2. The number of hydrogen-bond donors (Lipinski definition) is 0. The molecule has 0 radical (unpaired) electrons. The minimum atomic E-state index is 0.0123. The average molecular weight is 427 g/mol. The average Bonchev–Trinajstić information content (AvgIpc) is 3.47. The molecule has 2 heterocycles. The summed E-state index contributed by atoms with van der Waals surface area (Å²) in [6.07, 6.45) is 5.83. The lowest BCUT2D eigenvalue weighted by atomic mass is 10.0. The Morgan fingerprint density at radius 3 is 2.66 bits per heavy atom. The molecule has 0 saturated heterocycles. The molecule has 2 aromatic heterocycles. The number of rotatable bonds is 7. The summed E-state index contributed by atoms with van der Waals surface area (Å²) >= 11 is 0. The molecule has 5 rings (SSSR count). The Bertz CT molecular complexity index is 1340.